The number of likely N-dealkylation sites (N-methyl/N-ethyl adjacent to an activating group) is 1. The Morgan fingerprint density at radius 1 is 0.862 bits per heavy atom. The molecular weight excluding hydrogens is 403 g/mol. The number of hydrogen-bond acceptors (Lipinski definition) is 3. The Bertz CT molecular complexity index is 921. The van der Waals surface area contributed by atoms with E-state index < -0.39 is 0 Å². The van der Waals surface area contributed by atoms with Gasteiger partial charge in [0.25, 0.3) is 0 Å². The van der Waals surface area contributed by atoms with E-state index in [1.807, 2.05) is 24.3 Å². The van der Waals surface area contributed by atoms with Gasteiger partial charge in [-0.15, -0.1) is 0 Å². The zero-order valence-electron chi connectivity index (χ0n) is 17.1. The second kappa shape index (κ2) is 10.8. The Hall–Kier alpha value is -1.78. The van der Waals surface area contributed by atoms with Gasteiger partial charge in [-0.05, 0) is 42.1 Å². The first-order valence-electron chi connectivity index (χ1n) is 10.1. The molecule has 3 aromatic rings. The first kappa shape index (κ1) is 21.9. The lowest BCUT2D eigenvalue weighted by Gasteiger charge is -2.19. The average Bonchev–Trinajstić information content (AvgIpc) is 2.74. The summed E-state index contributed by atoms with van der Waals surface area (Å²) < 4.78 is 6.19. The minimum atomic E-state index is 0.337. The molecule has 0 heterocycles. The Balaban J connectivity index is 1.78. The quantitative estimate of drug-likeness (QED) is 0.389. The highest BCUT2D eigenvalue weighted by molar-refractivity contribution is 6.35. The highest BCUT2D eigenvalue weighted by atomic mass is 35.5. The molecule has 0 spiro atoms. The molecule has 1 N–H and O–H groups in total. The first-order valence-corrected chi connectivity index (χ1v) is 10.9. The van der Waals surface area contributed by atoms with Gasteiger partial charge >= 0.3 is 0 Å². The smallest absolute Gasteiger partial charge is 0.124 e. The third-order valence-electron chi connectivity index (χ3n) is 5.23. The third kappa shape index (κ3) is 5.64. The van der Waals surface area contributed by atoms with Crippen molar-refractivity contribution in [3.63, 3.8) is 0 Å². The molecule has 0 radical (unpaired) electrons. The van der Waals surface area contributed by atoms with Crippen LogP contribution in [0.25, 0.3) is 10.8 Å². The normalized spacial score (nSPS) is 11.3. The number of ether oxygens (including phenoxy) is 1. The molecule has 0 amide bonds. The molecule has 0 bridgehead atoms. The van der Waals surface area contributed by atoms with E-state index in [1.165, 1.54) is 10.8 Å². The lowest BCUT2D eigenvalue weighted by molar-refractivity contribution is 0.296. The van der Waals surface area contributed by atoms with Gasteiger partial charge in [0.15, 0.2) is 0 Å². The molecule has 0 unspecified atom stereocenters. The van der Waals surface area contributed by atoms with Crippen LogP contribution in [0.3, 0.4) is 0 Å². The highest BCUT2D eigenvalue weighted by Gasteiger charge is 2.12. The molecule has 0 saturated heterocycles. The molecule has 154 valence electrons. The van der Waals surface area contributed by atoms with E-state index in [4.69, 9.17) is 27.9 Å². The average molecular weight is 431 g/mol. The van der Waals surface area contributed by atoms with Gasteiger partial charge in [-0.3, -0.25) is 0 Å². The summed E-state index contributed by atoms with van der Waals surface area (Å²) in [5.74, 6) is 0.857. The topological polar surface area (TPSA) is 24.5 Å². The van der Waals surface area contributed by atoms with Gasteiger partial charge in [0.2, 0.25) is 0 Å². The van der Waals surface area contributed by atoms with Crippen LogP contribution in [0.4, 0.5) is 0 Å². The van der Waals surface area contributed by atoms with Crippen molar-refractivity contribution < 1.29 is 4.74 Å². The van der Waals surface area contributed by atoms with Crippen molar-refractivity contribution in [1.29, 1.82) is 0 Å². The van der Waals surface area contributed by atoms with Crippen molar-refractivity contribution in [2.75, 3.05) is 26.2 Å². The molecule has 0 aliphatic heterocycles. The van der Waals surface area contributed by atoms with Crippen LogP contribution in [0.2, 0.25) is 10.0 Å². The van der Waals surface area contributed by atoms with E-state index >= 15 is 0 Å². The van der Waals surface area contributed by atoms with Gasteiger partial charge in [-0.25, -0.2) is 0 Å². The summed E-state index contributed by atoms with van der Waals surface area (Å²) in [7, 11) is 0. The van der Waals surface area contributed by atoms with Crippen molar-refractivity contribution in [1.82, 2.24) is 10.2 Å². The molecule has 0 aromatic heterocycles. The molecule has 0 atom stereocenters. The van der Waals surface area contributed by atoms with Gasteiger partial charge in [-0.2, -0.15) is 0 Å². The maximum absolute atomic E-state index is 6.31. The predicted octanol–water partition coefficient (Wildman–Crippen LogP) is 6.16. The maximum Gasteiger partial charge on any atom is 0.124 e. The molecule has 29 heavy (non-hydrogen) atoms. The number of rotatable bonds is 10. The van der Waals surface area contributed by atoms with Crippen LogP contribution in [0.5, 0.6) is 5.75 Å². The van der Waals surface area contributed by atoms with E-state index in [1.54, 1.807) is 0 Å². The second-order valence-electron chi connectivity index (χ2n) is 6.96. The highest BCUT2D eigenvalue weighted by Crippen LogP contribution is 2.31. The fourth-order valence-electron chi connectivity index (χ4n) is 3.44. The number of fused-ring (bicyclic) bond motifs is 1. The molecule has 5 heteroatoms. The summed E-state index contributed by atoms with van der Waals surface area (Å²) in [5, 5.41) is 7.23. The summed E-state index contributed by atoms with van der Waals surface area (Å²) in [6.07, 6.45) is 0. The number of hydrogen-bond donors (Lipinski definition) is 1. The van der Waals surface area contributed by atoms with Crippen molar-refractivity contribution >= 4 is 34.0 Å². The van der Waals surface area contributed by atoms with Gasteiger partial charge in [0, 0.05) is 40.8 Å². The minimum Gasteiger partial charge on any atom is -0.488 e. The van der Waals surface area contributed by atoms with Crippen molar-refractivity contribution in [3.05, 3.63) is 75.8 Å². The number of nitrogens with one attached hydrogen (secondary N) is 1. The molecule has 0 fully saturated rings. The lowest BCUT2D eigenvalue weighted by atomic mass is 10.0. The Labute approximate surface area is 183 Å². The summed E-state index contributed by atoms with van der Waals surface area (Å²) in [5.41, 5.74) is 1.97. The van der Waals surface area contributed by atoms with Crippen LogP contribution in [0.15, 0.2) is 54.6 Å². The molecule has 3 rings (SSSR count). The van der Waals surface area contributed by atoms with E-state index in [9.17, 15) is 0 Å². The van der Waals surface area contributed by atoms with Gasteiger partial charge < -0.3 is 15.0 Å². The van der Waals surface area contributed by atoms with E-state index in [-0.39, 0.29) is 0 Å². The molecule has 3 nitrogen and oxygen atoms in total. The number of halogens is 2. The van der Waals surface area contributed by atoms with Gasteiger partial charge in [0.05, 0.1) is 0 Å². The van der Waals surface area contributed by atoms with E-state index in [0.717, 1.165) is 49.6 Å². The first-order chi connectivity index (χ1) is 14.1. The van der Waals surface area contributed by atoms with Crippen LogP contribution in [-0.2, 0) is 13.2 Å². The van der Waals surface area contributed by atoms with Crippen molar-refractivity contribution in [3.8, 4) is 5.75 Å². The standard InChI is InChI=1S/C24H28Cl2N2O/c1-3-28(4-2)15-14-27-16-20-19-9-6-5-8-18(19)12-13-24(20)29-17-21-22(25)10-7-11-23(21)26/h5-13,27H,3-4,14-17H2,1-2H3. The monoisotopic (exact) mass is 430 g/mol. The molecular formula is C24H28Cl2N2O. The number of benzene rings is 3. The van der Waals surface area contributed by atoms with Crippen LogP contribution < -0.4 is 10.1 Å². The Morgan fingerprint density at radius 2 is 1.59 bits per heavy atom. The lowest BCUT2D eigenvalue weighted by Crippen LogP contribution is -2.31. The van der Waals surface area contributed by atoms with Crippen LogP contribution >= 0.6 is 23.2 Å². The fourth-order valence-corrected chi connectivity index (χ4v) is 3.95. The zero-order valence-corrected chi connectivity index (χ0v) is 18.6. The number of nitrogens with zero attached hydrogens (tertiary/aromatic N) is 1. The van der Waals surface area contributed by atoms with Crippen LogP contribution in [0.1, 0.15) is 25.0 Å². The largest absolute Gasteiger partial charge is 0.488 e. The predicted molar refractivity (Wildman–Crippen MR) is 124 cm³/mol. The van der Waals surface area contributed by atoms with Gasteiger partial charge in [-0.1, -0.05) is 73.4 Å². The van der Waals surface area contributed by atoms with E-state index in [2.05, 4.69) is 54.4 Å². The van der Waals surface area contributed by atoms with Crippen LogP contribution in [0, 0.1) is 0 Å². The summed E-state index contributed by atoms with van der Waals surface area (Å²) >= 11 is 12.6. The molecule has 0 aliphatic carbocycles. The zero-order chi connectivity index (χ0) is 20.6. The van der Waals surface area contributed by atoms with Crippen molar-refractivity contribution in [2.24, 2.45) is 0 Å². The second-order valence-corrected chi connectivity index (χ2v) is 7.77. The van der Waals surface area contributed by atoms with Gasteiger partial charge in [0.1, 0.15) is 12.4 Å². The summed E-state index contributed by atoms with van der Waals surface area (Å²) in [4.78, 5) is 2.41. The Kier molecular flexibility index (Phi) is 8.19. The summed E-state index contributed by atoms with van der Waals surface area (Å²) in [6, 6.07) is 18.0. The fraction of sp³-hybridized carbons (Fsp3) is 0.333. The third-order valence-corrected chi connectivity index (χ3v) is 5.94. The summed E-state index contributed by atoms with van der Waals surface area (Å²) in [6.45, 7) is 9.57. The minimum absolute atomic E-state index is 0.337. The molecule has 3 aromatic carbocycles. The van der Waals surface area contributed by atoms with E-state index in [0.29, 0.717) is 16.7 Å². The molecule has 0 saturated carbocycles. The SMILES string of the molecule is CCN(CC)CCNCc1c(OCc2c(Cl)cccc2Cl)ccc2ccccc12. The van der Waals surface area contributed by atoms with Crippen LogP contribution in [-0.4, -0.2) is 31.1 Å². The Morgan fingerprint density at radius 3 is 2.31 bits per heavy atom. The van der Waals surface area contributed by atoms with Crippen molar-refractivity contribution in [2.45, 2.75) is 27.0 Å². The molecule has 0 aliphatic rings. The maximum atomic E-state index is 6.31.